The Bertz CT molecular complexity index is 620. The Morgan fingerprint density at radius 2 is 1.71 bits per heavy atom. The Kier molecular flexibility index (Phi) is 5.11. The second-order valence-electron chi connectivity index (χ2n) is 4.23. The first-order valence-electron chi connectivity index (χ1n) is 6.31. The monoisotopic (exact) mass is 308 g/mol. The van der Waals surface area contributed by atoms with Crippen LogP contribution < -0.4 is 19.5 Å². The maximum absolute atomic E-state index is 6.09. The van der Waals surface area contributed by atoms with Gasteiger partial charge in [0, 0.05) is 24.4 Å². The molecule has 6 heteroatoms. The Balaban J connectivity index is 2.25. The van der Waals surface area contributed by atoms with Crippen LogP contribution in [0, 0.1) is 0 Å². The van der Waals surface area contributed by atoms with E-state index in [-0.39, 0.29) is 0 Å². The summed E-state index contributed by atoms with van der Waals surface area (Å²) < 4.78 is 15.9. The Morgan fingerprint density at radius 3 is 2.33 bits per heavy atom. The van der Waals surface area contributed by atoms with E-state index >= 15 is 0 Å². The third kappa shape index (κ3) is 3.49. The van der Waals surface area contributed by atoms with E-state index in [4.69, 9.17) is 25.8 Å². The quantitative estimate of drug-likeness (QED) is 0.886. The highest BCUT2D eigenvalue weighted by molar-refractivity contribution is 6.33. The first kappa shape index (κ1) is 15.3. The van der Waals surface area contributed by atoms with E-state index in [9.17, 15) is 0 Å². The van der Waals surface area contributed by atoms with Crippen molar-refractivity contribution in [3.8, 4) is 17.2 Å². The lowest BCUT2D eigenvalue weighted by atomic mass is 10.1. The normalized spacial score (nSPS) is 10.1. The topological polar surface area (TPSA) is 52.6 Å². The van der Waals surface area contributed by atoms with Crippen molar-refractivity contribution in [1.82, 2.24) is 4.98 Å². The van der Waals surface area contributed by atoms with Gasteiger partial charge < -0.3 is 19.5 Å². The number of hydrogen-bond donors (Lipinski definition) is 1. The van der Waals surface area contributed by atoms with E-state index in [2.05, 4.69) is 10.3 Å². The van der Waals surface area contributed by atoms with Crippen LogP contribution in [-0.2, 0) is 6.54 Å². The van der Waals surface area contributed by atoms with Crippen molar-refractivity contribution < 1.29 is 14.2 Å². The standard InChI is InChI=1S/C15H17ClN2O3/c1-19-13-7-15(21-3)14(20-2)6-10(13)8-18-12-9-17-5-4-11(12)16/h4-7,9,18H,8H2,1-3H3. The van der Waals surface area contributed by atoms with Gasteiger partial charge in [0.15, 0.2) is 11.5 Å². The van der Waals surface area contributed by atoms with Crippen LogP contribution in [0.5, 0.6) is 17.2 Å². The second kappa shape index (κ2) is 7.04. The van der Waals surface area contributed by atoms with Gasteiger partial charge in [-0.05, 0) is 12.1 Å². The molecule has 0 saturated heterocycles. The number of hydrogen-bond acceptors (Lipinski definition) is 5. The van der Waals surface area contributed by atoms with Crippen LogP contribution in [0.15, 0.2) is 30.6 Å². The minimum Gasteiger partial charge on any atom is -0.496 e. The fourth-order valence-electron chi connectivity index (χ4n) is 1.93. The fourth-order valence-corrected chi connectivity index (χ4v) is 2.10. The van der Waals surface area contributed by atoms with Gasteiger partial charge in [0.05, 0.1) is 38.2 Å². The smallest absolute Gasteiger partial charge is 0.164 e. The van der Waals surface area contributed by atoms with Gasteiger partial charge in [-0.1, -0.05) is 11.6 Å². The van der Waals surface area contributed by atoms with Crippen LogP contribution in [0.3, 0.4) is 0 Å². The lowest BCUT2D eigenvalue weighted by molar-refractivity contribution is 0.347. The average molecular weight is 309 g/mol. The summed E-state index contributed by atoms with van der Waals surface area (Å²) in [4.78, 5) is 4.04. The molecule has 0 atom stereocenters. The average Bonchev–Trinajstić information content (AvgIpc) is 2.53. The van der Waals surface area contributed by atoms with Gasteiger partial charge in [0.25, 0.3) is 0 Å². The van der Waals surface area contributed by atoms with Crippen molar-refractivity contribution in [2.24, 2.45) is 0 Å². The van der Waals surface area contributed by atoms with E-state index in [1.165, 1.54) is 0 Å². The number of nitrogens with one attached hydrogen (secondary N) is 1. The molecule has 0 aliphatic carbocycles. The minimum atomic E-state index is 0.523. The van der Waals surface area contributed by atoms with E-state index in [1.54, 1.807) is 45.9 Å². The van der Waals surface area contributed by atoms with Crippen molar-refractivity contribution in [2.75, 3.05) is 26.6 Å². The highest BCUT2D eigenvalue weighted by Crippen LogP contribution is 2.35. The number of halogens is 1. The van der Waals surface area contributed by atoms with Crippen LogP contribution in [-0.4, -0.2) is 26.3 Å². The Labute approximate surface area is 128 Å². The number of nitrogens with zero attached hydrogens (tertiary/aromatic N) is 1. The van der Waals surface area contributed by atoms with E-state index in [0.29, 0.717) is 28.8 Å². The molecule has 1 heterocycles. The minimum absolute atomic E-state index is 0.523. The lowest BCUT2D eigenvalue weighted by Gasteiger charge is -2.15. The number of pyridine rings is 1. The van der Waals surface area contributed by atoms with Crippen molar-refractivity contribution in [3.05, 3.63) is 41.2 Å². The molecular weight excluding hydrogens is 292 g/mol. The summed E-state index contributed by atoms with van der Waals surface area (Å²) in [7, 11) is 4.80. The Morgan fingerprint density at radius 1 is 1.05 bits per heavy atom. The largest absolute Gasteiger partial charge is 0.496 e. The van der Waals surface area contributed by atoms with E-state index in [1.807, 2.05) is 6.07 Å². The third-order valence-electron chi connectivity index (χ3n) is 3.02. The molecule has 0 unspecified atom stereocenters. The van der Waals surface area contributed by atoms with Crippen LogP contribution in [0.4, 0.5) is 5.69 Å². The number of anilines is 1. The molecule has 0 radical (unpaired) electrons. The van der Waals surface area contributed by atoms with Gasteiger partial charge in [-0.3, -0.25) is 4.98 Å². The summed E-state index contributed by atoms with van der Waals surface area (Å²) in [5, 5.41) is 3.84. The van der Waals surface area contributed by atoms with Crippen LogP contribution in [0.2, 0.25) is 5.02 Å². The summed E-state index contributed by atoms with van der Waals surface area (Å²) in [5.74, 6) is 1.98. The van der Waals surface area contributed by atoms with Gasteiger partial charge in [-0.2, -0.15) is 0 Å². The maximum atomic E-state index is 6.09. The Hall–Kier alpha value is -2.14. The molecule has 0 aliphatic rings. The summed E-state index contributed by atoms with van der Waals surface area (Å²) in [6.07, 6.45) is 3.32. The van der Waals surface area contributed by atoms with Gasteiger partial charge in [0.2, 0.25) is 0 Å². The van der Waals surface area contributed by atoms with Gasteiger partial charge in [-0.15, -0.1) is 0 Å². The molecule has 0 saturated carbocycles. The molecule has 1 N–H and O–H groups in total. The number of aromatic nitrogens is 1. The van der Waals surface area contributed by atoms with Crippen LogP contribution in [0.1, 0.15) is 5.56 Å². The highest BCUT2D eigenvalue weighted by atomic mass is 35.5. The summed E-state index contributed by atoms with van der Waals surface area (Å²) in [6.45, 7) is 0.523. The molecule has 0 bridgehead atoms. The molecule has 2 aromatic rings. The SMILES string of the molecule is COc1cc(OC)c(OC)cc1CNc1cnccc1Cl. The first-order chi connectivity index (χ1) is 10.2. The predicted molar refractivity (Wildman–Crippen MR) is 82.7 cm³/mol. The molecule has 1 aromatic carbocycles. The van der Waals surface area contributed by atoms with Crippen LogP contribution >= 0.6 is 11.6 Å². The van der Waals surface area contributed by atoms with Gasteiger partial charge in [0.1, 0.15) is 5.75 Å². The first-order valence-corrected chi connectivity index (χ1v) is 6.69. The van der Waals surface area contributed by atoms with Crippen LogP contribution in [0.25, 0.3) is 0 Å². The maximum Gasteiger partial charge on any atom is 0.164 e. The predicted octanol–water partition coefficient (Wildman–Crippen LogP) is 3.37. The number of benzene rings is 1. The van der Waals surface area contributed by atoms with Crippen molar-refractivity contribution >= 4 is 17.3 Å². The zero-order valence-corrected chi connectivity index (χ0v) is 12.9. The molecule has 0 spiro atoms. The zero-order chi connectivity index (χ0) is 15.2. The highest BCUT2D eigenvalue weighted by Gasteiger charge is 2.12. The van der Waals surface area contributed by atoms with Gasteiger partial charge in [-0.25, -0.2) is 0 Å². The van der Waals surface area contributed by atoms with Crippen molar-refractivity contribution in [1.29, 1.82) is 0 Å². The molecule has 0 amide bonds. The molecule has 21 heavy (non-hydrogen) atoms. The molecular formula is C15H17ClN2O3. The van der Waals surface area contributed by atoms with E-state index in [0.717, 1.165) is 11.3 Å². The zero-order valence-electron chi connectivity index (χ0n) is 12.1. The molecule has 0 aliphatic heterocycles. The third-order valence-corrected chi connectivity index (χ3v) is 3.35. The number of rotatable bonds is 6. The summed E-state index contributed by atoms with van der Waals surface area (Å²) in [5.41, 5.74) is 1.69. The number of methoxy groups -OCH3 is 3. The molecule has 0 fully saturated rings. The molecule has 1 aromatic heterocycles. The molecule has 2 rings (SSSR count). The second-order valence-corrected chi connectivity index (χ2v) is 4.64. The number of ether oxygens (including phenoxy) is 3. The fraction of sp³-hybridized carbons (Fsp3) is 0.267. The summed E-state index contributed by atoms with van der Waals surface area (Å²) >= 11 is 6.09. The van der Waals surface area contributed by atoms with Crippen molar-refractivity contribution in [3.63, 3.8) is 0 Å². The summed E-state index contributed by atoms with van der Waals surface area (Å²) in [6, 6.07) is 5.39. The van der Waals surface area contributed by atoms with Gasteiger partial charge >= 0.3 is 0 Å². The van der Waals surface area contributed by atoms with Crippen molar-refractivity contribution in [2.45, 2.75) is 6.54 Å². The molecule has 112 valence electrons. The lowest BCUT2D eigenvalue weighted by Crippen LogP contribution is -2.04. The van der Waals surface area contributed by atoms with E-state index < -0.39 is 0 Å². The molecule has 5 nitrogen and oxygen atoms in total.